The van der Waals surface area contributed by atoms with Gasteiger partial charge in [0.25, 0.3) is 0 Å². The molecule has 86 valence electrons. The smallest absolute Gasteiger partial charge is 0.243 e. The number of benzene rings is 1. The predicted molar refractivity (Wildman–Crippen MR) is 57.5 cm³/mol. The van der Waals surface area contributed by atoms with E-state index < -0.39 is 11.6 Å². The number of rotatable bonds is 1. The number of nitrogens with zero attached hydrogens (tertiary/aromatic N) is 1. The zero-order valence-electron chi connectivity index (χ0n) is 9.05. The molecule has 0 spiro atoms. The summed E-state index contributed by atoms with van der Waals surface area (Å²) in [7, 11) is 0. The van der Waals surface area contributed by atoms with Crippen molar-refractivity contribution in [3.05, 3.63) is 23.8 Å². The highest BCUT2D eigenvalue weighted by Crippen LogP contribution is 2.34. The molecule has 0 saturated heterocycles. The molecular formula is C11H12F2N2O. The van der Waals surface area contributed by atoms with Crippen LogP contribution in [-0.4, -0.2) is 18.5 Å². The summed E-state index contributed by atoms with van der Waals surface area (Å²) < 4.78 is 26.8. The molecule has 0 atom stereocenters. The largest absolute Gasteiger partial charge is 0.356 e. The summed E-state index contributed by atoms with van der Waals surface area (Å²) in [4.78, 5) is 12.9. The van der Waals surface area contributed by atoms with Gasteiger partial charge >= 0.3 is 0 Å². The van der Waals surface area contributed by atoms with Crippen LogP contribution in [0.3, 0.4) is 0 Å². The lowest BCUT2D eigenvalue weighted by atomic mass is 10.1. The molecule has 0 fully saturated rings. The van der Waals surface area contributed by atoms with E-state index in [0.717, 1.165) is 6.07 Å². The Kier molecular flexibility index (Phi) is 2.53. The maximum atomic E-state index is 13.7. The van der Waals surface area contributed by atoms with Gasteiger partial charge in [0.05, 0.1) is 12.2 Å². The molecule has 16 heavy (non-hydrogen) atoms. The van der Waals surface area contributed by atoms with Crippen molar-refractivity contribution in [3.8, 4) is 0 Å². The Bertz CT molecular complexity index is 446. The number of anilines is 2. The molecule has 0 radical (unpaired) electrons. The summed E-state index contributed by atoms with van der Waals surface area (Å²) in [5.74, 6) is -2.03. The Morgan fingerprint density at radius 3 is 2.69 bits per heavy atom. The molecule has 1 amide bonds. The van der Waals surface area contributed by atoms with E-state index >= 15 is 0 Å². The average molecular weight is 226 g/mol. The molecule has 0 aromatic heterocycles. The molecule has 1 heterocycles. The van der Waals surface area contributed by atoms with Gasteiger partial charge in [-0.15, -0.1) is 0 Å². The van der Waals surface area contributed by atoms with Crippen LogP contribution in [0.15, 0.2) is 12.1 Å². The van der Waals surface area contributed by atoms with Gasteiger partial charge in [-0.1, -0.05) is 0 Å². The van der Waals surface area contributed by atoms with Crippen LogP contribution in [0, 0.1) is 11.6 Å². The minimum Gasteiger partial charge on any atom is -0.356 e. The summed E-state index contributed by atoms with van der Waals surface area (Å²) in [5, 5.41) is 2.53. The second-order valence-electron chi connectivity index (χ2n) is 4.03. The van der Waals surface area contributed by atoms with Gasteiger partial charge in [-0.2, -0.15) is 0 Å². The molecule has 1 aromatic carbocycles. The number of hydrogen-bond donors (Lipinski definition) is 1. The number of fused-ring (bicyclic) bond motifs is 1. The topological polar surface area (TPSA) is 32.3 Å². The first-order valence-corrected chi connectivity index (χ1v) is 5.05. The van der Waals surface area contributed by atoms with E-state index in [2.05, 4.69) is 5.32 Å². The first-order chi connectivity index (χ1) is 7.50. The van der Waals surface area contributed by atoms with Gasteiger partial charge in [-0.3, -0.25) is 4.79 Å². The van der Waals surface area contributed by atoms with Crippen LogP contribution >= 0.6 is 0 Å². The van der Waals surface area contributed by atoms with Crippen molar-refractivity contribution in [1.82, 2.24) is 0 Å². The molecule has 0 bridgehead atoms. The maximum Gasteiger partial charge on any atom is 0.243 e. The van der Waals surface area contributed by atoms with Gasteiger partial charge in [-0.05, 0) is 26.0 Å². The summed E-state index contributed by atoms with van der Waals surface area (Å²) in [6.45, 7) is 3.70. The zero-order valence-corrected chi connectivity index (χ0v) is 9.05. The van der Waals surface area contributed by atoms with Crippen LogP contribution < -0.4 is 10.2 Å². The van der Waals surface area contributed by atoms with E-state index in [4.69, 9.17) is 0 Å². The Morgan fingerprint density at radius 2 is 2.06 bits per heavy atom. The van der Waals surface area contributed by atoms with Crippen LogP contribution in [-0.2, 0) is 4.79 Å². The van der Waals surface area contributed by atoms with Crippen LogP contribution in [0.4, 0.5) is 20.2 Å². The van der Waals surface area contributed by atoms with Crippen LogP contribution in [0.25, 0.3) is 0 Å². The van der Waals surface area contributed by atoms with Gasteiger partial charge in [0.1, 0.15) is 5.69 Å². The first-order valence-electron chi connectivity index (χ1n) is 5.05. The molecule has 2 rings (SSSR count). The molecule has 5 heteroatoms. The number of carbonyl (C=O) groups is 1. The first kappa shape index (κ1) is 10.9. The minimum absolute atomic E-state index is 0.0467. The fourth-order valence-corrected chi connectivity index (χ4v) is 1.79. The molecule has 1 aliphatic rings. The summed E-state index contributed by atoms with van der Waals surface area (Å²) >= 11 is 0. The van der Waals surface area contributed by atoms with Gasteiger partial charge in [0.2, 0.25) is 5.91 Å². The Hall–Kier alpha value is -1.65. The lowest BCUT2D eigenvalue weighted by Gasteiger charge is -2.34. The van der Waals surface area contributed by atoms with E-state index in [-0.39, 0.29) is 24.2 Å². The number of nitrogens with one attached hydrogen (secondary N) is 1. The van der Waals surface area contributed by atoms with Crippen LogP contribution in [0.1, 0.15) is 13.8 Å². The highest BCUT2D eigenvalue weighted by molar-refractivity contribution is 6.01. The molecular weight excluding hydrogens is 214 g/mol. The Balaban J connectivity index is 2.58. The normalized spacial score (nSPS) is 15.1. The van der Waals surface area contributed by atoms with Crippen molar-refractivity contribution < 1.29 is 13.6 Å². The summed E-state index contributed by atoms with van der Waals surface area (Å²) in [6, 6.07) is 2.32. The number of halogens is 2. The van der Waals surface area contributed by atoms with Gasteiger partial charge in [0, 0.05) is 6.04 Å². The van der Waals surface area contributed by atoms with Crippen molar-refractivity contribution in [3.63, 3.8) is 0 Å². The van der Waals surface area contributed by atoms with Gasteiger partial charge in [-0.25, -0.2) is 8.78 Å². The lowest BCUT2D eigenvalue weighted by Crippen LogP contribution is -2.43. The lowest BCUT2D eigenvalue weighted by molar-refractivity contribution is -0.115. The fourth-order valence-electron chi connectivity index (χ4n) is 1.79. The molecule has 0 unspecified atom stereocenters. The third kappa shape index (κ3) is 1.62. The molecule has 3 nitrogen and oxygen atoms in total. The molecule has 0 aliphatic carbocycles. The maximum absolute atomic E-state index is 13.7. The van der Waals surface area contributed by atoms with Crippen molar-refractivity contribution in [2.45, 2.75) is 19.9 Å². The highest BCUT2D eigenvalue weighted by atomic mass is 19.2. The van der Waals surface area contributed by atoms with E-state index in [1.165, 1.54) is 6.07 Å². The molecule has 1 aromatic rings. The zero-order chi connectivity index (χ0) is 11.9. The summed E-state index contributed by atoms with van der Waals surface area (Å²) in [5.41, 5.74) is 0.457. The predicted octanol–water partition coefficient (Wildman–Crippen LogP) is 2.13. The van der Waals surface area contributed by atoms with Crippen molar-refractivity contribution in [1.29, 1.82) is 0 Å². The van der Waals surface area contributed by atoms with Crippen molar-refractivity contribution in [2.24, 2.45) is 0 Å². The van der Waals surface area contributed by atoms with E-state index in [0.29, 0.717) is 5.69 Å². The highest BCUT2D eigenvalue weighted by Gasteiger charge is 2.28. The quantitative estimate of drug-likeness (QED) is 0.795. The third-order valence-corrected chi connectivity index (χ3v) is 2.57. The molecule has 1 aliphatic heterocycles. The number of hydrogen-bond acceptors (Lipinski definition) is 2. The Labute approximate surface area is 92.1 Å². The van der Waals surface area contributed by atoms with Gasteiger partial charge < -0.3 is 10.2 Å². The second-order valence-corrected chi connectivity index (χ2v) is 4.03. The summed E-state index contributed by atoms with van der Waals surface area (Å²) in [6.07, 6.45) is 0. The standard InChI is InChI=1S/C11H12F2N2O/c1-6(2)15-5-9(16)14-8-4-3-7(12)10(13)11(8)15/h3-4,6H,5H2,1-2H3,(H,14,16). The molecule has 0 saturated carbocycles. The van der Waals surface area contributed by atoms with Gasteiger partial charge in [0.15, 0.2) is 11.6 Å². The molecule has 1 N–H and O–H groups in total. The third-order valence-electron chi connectivity index (χ3n) is 2.57. The van der Waals surface area contributed by atoms with Crippen LogP contribution in [0.5, 0.6) is 0 Å². The van der Waals surface area contributed by atoms with Crippen molar-refractivity contribution in [2.75, 3.05) is 16.8 Å². The van der Waals surface area contributed by atoms with Crippen LogP contribution in [0.2, 0.25) is 0 Å². The Morgan fingerprint density at radius 1 is 1.38 bits per heavy atom. The monoisotopic (exact) mass is 226 g/mol. The van der Waals surface area contributed by atoms with Crippen molar-refractivity contribution >= 4 is 17.3 Å². The second kappa shape index (κ2) is 3.73. The minimum atomic E-state index is -0.911. The van der Waals surface area contributed by atoms with E-state index in [1.54, 1.807) is 4.90 Å². The van der Waals surface area contributed by atoms with E-state index in [9.17, 15) is 13.6 Å². The van der Waals surface area contributed by atoms with E-state index in [1.807, 2.05) is 13.8 Å². The fraction of sp³-hybridized carbons (Fsp3) is 0.364. The number of amides is 1. The number of carbonyl (C=O) groups excluding carboxylic acids is 1. The average Bonchev–Trinajstić information content (AvgIpc) is 2.22. The SMILES string of the molecule is CC(C)N1CC(=O)Nc2ccc(F)c(F)c21.